The number of thiophene rings is 1. The lowest BCUT2D eigenvalue weighted by Crippen LogP contribution is -2.32. The minimum Gasteiger partial charge on any atom is -0.504 e. The molecule has 0 aliphatic carbocycles. The van der Waals surface area contributed by atoms with Gasteiger partial charge in [0.05, 0.1) is 23.1 Å². The van der Waals surface area contributed by atoms with E-state index in [1.807, 2.05) is 0 Å². The summed E-state index contributed by atoms with van der Waals surface area (Å²) in [7, 11) is 1.57. The predicted molar refractivity (Wildman–Crippen MR) is 109 cm³/mol. The van der Waals surface area contributed by atoms with Crippen LogP contribution >= 0.6 is 11.3 Å². The summed E-state index contributed by atoms with van der Waals surface area (Å²) < 4.78 is 10.5. The van der Waals surface area contributed by atoms with Crippen LogP contribution in [-0.2, 0) is 9.53 Å². The maximum Gasteiger partial charge on any atom is 0.290 e. The smallest absolute Gasteiger partial charge is 0.290 e. The monoisotopic (exact) mass is 417 g/mol. The lowest BCUT2D eigenvalue weighted by atomic mass is 9.95. The van der Waals surface area contributed by atoms with Crippen molar-refractivity contribution in [1.82, 2.24) is 4.90 Å². The number of aliphatic hydroxyl groups excluding tert-OH is 1. The Bertz CT molecular complexity index is 921. The number of Topliss-reactive ketones (excluding diaryl/α,β-unsaturated/α-hetero) is 1. The van der Waals surface area contributed by atoms with Crippen molar-refractivity contribution in [2.45, 2.75) is 19.4 Å². The number of amides is 1. The van der Waals surface area contributed by atoms with Gasteiger partial charge in [-0.1, -0.05) is 12.1 Å². The van der Waals surface area contributed by atoms with E-state index in [0.717, 1.165) is 0 Å². The van der Waals surface area contributed by atoms with Crippen LogP contribution in [0.5, 0.6) is 11.5 Å². The van der Waals surface area contributed by atoms with Crippen molar-refractivity contribution in [3.8, 4) is 11.5 Å². The highest BCUT2D eigenvalue weighted by molar-refractivity contribution is 7.12. The van der Waals surface area contributed by atoms with Crippen LogP contribution in [0.1, 0.15) is 34.6 Å². The van der Waals surface area contributed by atoms with Gasteiger partial charge < -0.3 is 24.6 Å². The molecule has 0 radical (unpaired) electrons. The Morgan fingerprint density at radius 3 is 2.72 bits per heavy atom. The third-order valence-electron chi connectivity index (χ3n) is 4.64. The molecule has 0 saturated heterocycles. The lowest BCUT2D eigenvalue weighted by Gasteiger charge is -2.27. The number of carbonyl (C=O) groups excluding carboxylic acids is 2. The second-order valence-electron chi connectivity index (χ2n) is 6.48. The normalized spacial score (nSPS) is 16.6. The van der Waals surface area contributed by atoms with Crippen LogP contribution in [0.2, 0.25) is 0 Å². The van der Waals surface area contributed by atoms with E-state index in [1.165, 1.54) is 22.3 Å². The molecule has 29 heavy (non-hydrogen) atoms. The molecule has 0 spiro atoms. The van der Waals surface area contributed by atoms with Crippen molar-refractivity contribution in [3.63, 3.8) is 0 Å². The largest absolute Gasteiger partial charge is 0.504 e. The van der Waals surface area contributed by atoms with Crippen molar-refractivity contribution in [3.05, 3.63) is 57.5 Å². The van der Waals surface area contributed by atoms with Gasteiger partial charge in [-0.3, -0.25) is 9.59 Å². The van der Waals surface area contributed by atoms with Crippen LogP contribution in [0.25, 0.3) is 0 Å². The van der Waals surface area contributed by atoms with E-state index in [-0.39, 0.29) is 17.1 Å². The summed E-state index contributed by atoms with van der Waals surface area (Å²) in [6.07, 6.45) is 0.545. The fourth-order valence-electron chi connectivity index (χ4n) is 3.35. The molecule has 1 aromatic heterocycles. The Balaban J connectivity index is 2.06. The molecule has 1 aliphatic heterocycles. The number of ether oxygens (including phenoxy) is 2. The molecule has 2 aromatic rings. The maximum absolute atomic E-state index is 13.1. The summed E-state index contributed by atoms with van der Waals surface area (Å²) in [5.74, 6) is -1.32. The Morgan fingerprint density at radius 1 is 1.28 bits per heavy atom. The number of hydrogen-bond acceptors (Lipinski definition) is 7. The van der Waals surface area contributed by atoms with Crippen molar-refractivity contribution < 1.29 is 29.3 Å². The van der Waals surface area contributed by atoms with Gasteiger partial charge in [0.25, 0.3) is 5.91 Å². The van der Waals surface area contributed by atoms with Gasteiger partial charge in [0.1, 0.15) is 0 Å². The van der Waals surface area contributed by atoms with Crippen LogP contribution in [0.15, 0.2) is 47.0 Å². The maximum atomic E-state index is 13.1. The average Bonchev–Trinajstić information content (AvgIpc) is 3.33. The molecule has 0 saturated carbocycles. The third kappa shape index (κ3) is 4.13. The molecule has 3 rings (SSSR count). The molecule has 1 amide bonds. The number of hydrogen-bond donors (Lipinski definition) is 2. The van der Waals surface area contributed by atoms with Gasteiger partial charge in [0.2, 0.25) is 5.78 Å². The van der Waals surface area contributed by atoms with Gasteiger partial charge >= 0.3 is 0 Å². The second-order valence-corrected chi connectivity index (χ2v) is 7.42. The van der Waals surface area contributed by atoms with Crippen molar-refractivity contribution >= 4 is 23.0 Å². The van der Waals surface area contributed by atoms with Crippen LogP contribution in [0.4, 0.5) is 0 Å². The third-order valence-corrected chi connectivity index (χ3v) is 5.51. The van der Waals surface area contributed by atoms with E-state index < -0.39 is 23.5 Å². The average molecular weight is 417 g/mol. The molecule has 1 aromatic carbocycles. The number of aromatic hydroxyl groups is 1. The first-order valence-electron chi connectivity index (χ1n) is 9.26. The fourth-order valence-corrected chi connectivity index (χ4v) is 4.03. The molecule has 1 atom stereocenters. The van der Waals surface area contributed by atoms with Crippen LogP contribution in [-0.4, -0.2) is 53.7 Å². The van der Waals surface area contributed by atoms with Crippen LogP contribution in [0.3, 0.4) is 0 Å². The molecule has 1 aliphatic rings. The molecular formula is C21H23NO6S. The zero-order chi connectivity index (χ0) is 21.0. The minimum absolute atomic E-state index is 0.0306. The molecule has 2 N–H and O–H groups in total. The quantitative estimate of drug-likeness (QED) is 0.479. The highest BCUT2D eigenvalue weighted by Gasteiger charge is 2.43. The highest BCUT2D eigenvalue weighted by Crippen LogP contribution is 2.41. The number of phenols is 1. The zero-order valence-corrected chi connectivity index (χ0v) is 17.1. The van der Waals surface area contributed by atoms with E-state index in [4.69, 9.17) is 9.47 Å². The van der Waals surface area contributed by atoms with Gasteiger partial charge in [-0.05, 0) is 42.5 Å². The molecule has 0 bridgehead atoms. The SMILES string of the molecule is CCOc1cc(C2C(C(=O)c3cccs3)=C(O)C(=O)N2CCCOC)ccc1O. The molecule has 1 unspecified atom stereocenters. The van der Waals surface area contributed by atoms with E-state index >= 15 is 0 Å². The van der Waals surface area contributed by atoms with Gasteiger partial charge in [-0.2, -0.15) is 0 Å². The number of carbonyl (C=O) groups is 2. The lowest BCUT2D eigenvalue weighted by molar-refractivity contribution is -0.129. The molecule has 0 fully saturated rings. The van der Waals surface area contributed by atoms with Gasteiger partial charge in [-0.25, -0.2) is 0 Å². The standard InChI is InChI=1S/C21H23NO6S/c1-3-28-15-12-13(7-8-14(15)23)18-17(19(24)16-6-4-11-29-16)20(25)21(26)22(18)9-5-10-27-2/h4,6-8,11-12,18,23,25H,3,5,9-10H2,1-2H3. The summed E-state index contributed by atoms with van der Waals surface area (Å²) in [6, 6.07) is 7.30. The summed E-state index contributed by atoms with van der Waals surface area (Å²) in [6.45, 7) is 2.87. The summed E-state index contributed by atoms with van der Waals surface area (Å²) >= 11 is 1.25. The number of phenolic OH excluding ortho intramolecular Hbond substituents is 1. The first kappa shape index (κ1) is 20.9. The van der Waals surface area contributed by atoms with E-state index in [2.05, 4.69) is 0 Å². The van der Waals surface area contributed by atoms with E-state index in [9.17, 15) is 19.8 Å². The van der Waals surface area contributed by atoms with E-state index in [0.29, 0.717) is 36.6 Å². The molecule has 2 heterocycles. The number of benzene rings is 1. The number of ketones is 1. The minimum atomic E-state index is -0.784. The Labute approximate surface area is 172 Å². The van der Waals surface area contributed by atoms with Gasteiger partial charge in [-0.15, -0.1) is 11.3 Å². The highest BCUT2D eigenvalue weighted by atomic mass is 32.1. The summed E-state index contributed by atoms with van der Waals surface area (Å²) in [5.41, 5.74) is 0.601. The number of aliphatic hydroxyl groups is 1. The van der Waals surface area contributed by atoms with Crippen molar-refractivity contribution in [2.75, 3.05) is 26.9 Å². The predicted octanol–water partition coefficient (Wildman–Crippen LogP) is 3.47. The zero-order valence-electron chi connectivity index (χ0n) is 16.3. The van der Waals surface area contributed by atoms with Crippen molar-refractivity contribution in [2.24, 2.45) is 0 Å². The van der Waals surface area contributed by atoms with Gasteiger partial charge in [0, 0.05) is 20.3 Å². The Morgan fingerprint density at radius 2 is 2.07 bits per heavy atom. The fraction of sp³-hybridized carbons (Fsp3) is 0.333. The first-order chi connectivity index (χ1) is 14.0. The summed E-state index contributed by atoms with van der Waals surface area (Å²) in [4.78, 5) is 27.8. The summed E-state index contributed by atoms with van der Waals surface area (Å²) in [5, 5.41) is 22.4. The first-order valence-corrected chi connectivity index (χ1v) is 10.1. The molecule has 7 nitrogen and oxygen atoms in total. The Kier molecular flexibility index (Phi) is 6.56. The second kappa shape index (κ2) is 9.11. The van der Waals surface area contributed by atoms with Crippen LogP contribution in [0, 0.1) is 0 Å². The topological polar surface area (TPSA) is 96.3 Å². The molecule has 154 valence electrons. The molecule has 8 heteroatoms. The number of rotatable bonds is 9. The number of methoxy groups -OCH3 is 1. The van der Waals surface area contributed by atoms with E-state index in [1.54, 1.807) is 43.7 Å². The van der Waals surface area contributed by atoms with Gasteiger partial charge in [0.15, 0.2) is 17.3 Å². The number of nitrogens with zero attached hydrogens (tertiary/aromatic N) is 1. The molecular weight excluding hydrogens is 394 g/mol. The van der Waals surface area contributed by atoms with Crippen LogP contribution < -0.4 is 4.74 Å². The Hall–Kier alpha value is -2.84. The van der Waals surface area contributed by atoms with Crippen molar-refractivity contribution in [1.29, 1.82) is 0 Å².